The van der Waals surface area contributed by atoms with Gasteiger partial charge in [0.25, 0.3) is 0 Å². The van der Waals surface area contributed by atoms with Gasteiger partial charge < -0.3 is 4.89 Å². The Hall–Kier alpha value is 1.84. The molecule has 3 nitrogen and oxygen atoms in total. The van der Waals surface area contributed by atoms with E-state index in [9.17, 15) is 4.57 Å². The van der Waals surface area contributed by atoms with E-state index >= 15 is 0 Å². The monoisotopic (exact) mass is 156 g/mol. The Morgan fingerprint density at radius 1 is 1.83 bits per heavy atom. The molecule has 2 atom stereocenters. The molecule has 6 heteroatoms. The molecule has 0 bridgehead atoms. The van der Waals surface area contributed by atoms with Crippen LogP contribution in [0.5, 0.6) is 0 Å². The Morgan fingerprint density at radius 3 is 2.00 bits per heavy atom. The van der Waals surface area contributed by atoms with Crippen LogP contribution in [-0.4, -0.2) is 42.6 Å². The first-order chi connectivity index (χ1) is 2.27. The first kappa shape index (κ1) is 10.8. The summed E-state index contributed by atoms with van der Waals surface area (Å²) in [5.41, 5.74) is 0. The van der Waals surface area contributed by atoms with Crippen LogP contribution in [0.4, 0.5) is 0 Å². The molecule has 0 aromatic rings. The van der Waals surface area contributed by atoms with E-state index in [2.05, 4.69) is 4.31 Å². The molecule has 36 valence electrons. The normalized spacial score (nSPS) is 12.3. The van der Waals surface area contributed by atoms with Crippen LogP contribution in [0.15, 0.2) is 0 Å². The van der Waals surface area contributed by atoms with Gasteiger partial charge in [-0.2, -0.15) is 0 Å². The van der Waals surface area contributed by atoms with E-state index in [1.54, 1.807) is 9.47 Å². The van der Waals surface area contributed by atoms with Gasteiger partial charge in [-0.1, -0.05) is 0 Å². The van der Waals surface area contributed by atoms with Crippen molar-refractivity contribution in [3.05, 3.63) is 0 Å². The summed E-state index contributed by atoms with van der Waals surface area (Å²) in [7, 11) is -0.984. The summed E-state index contributed by atoms with van der Waals surface area (Å²) in [6.07, 6.45) is 0. The number of hydrogen-bond donors (Lipinski definition) is 1. The molecule has 2 unspecified atom stereocenters. The van der Waals surface area contributed by atoms with Gasteiger partial charge in [0.1, 0.15) is 0 Å². The minimum atomic E-state index is -2.66. The second-order valence-corrected chi connectivity index (χ2v) is 1.86. The van der Waals surface area contributed by atoms with Gasteiger partial charge in [-0.05, 0) is 0 Å². The van der Waals surface area contributed by atoms with Gasteiger partial charge in [0.15, 0.2) is 0 Å². The van der Waals surface area contributed by atoms with Crippen LogP contribution in [0.1, 0.15) is 0 Å². The van der Waals surface area contributed by atoms with Crippen molar-refractivity contribution < 1.29 is 13.8 Å². The van der Waals surface area contributed by atoms with Crippen LogP contribution < -0.4 is 0 Å². The molecule has 0 aromatic heterocycles. The molecule has 0 spiro atoms. The van der Waals surface area contributed by atoms with E-state index in [4.69, 9.17) is 4.89 Å². The van der Waals surface area contributed by atoms with Gasteiger partial charge in [0, 0.05) is 9.47 Å². The predicted octanol–water partition coefficient (Wildman–Crippen LogP) is -0.741. The van der Waals surface area contributed by atoms with Gasteiger partial charge in [0.2, 0.25) is 0 Å². The van der Waals surface area contributed by atoms with Gasteiger partial charge in [-0.3, -0.25) is 8.88 Å². The zero-order valence-electron chi connectivity index (χ0n) is 2.34. The molecule has 0 aliphatic rings. The predicted molar refractivity (Wildman–Crippen MR) is 30.6 cm³/mol. The molecular weight excluding hydrogens is 150 g/mol. The molecule has 0 heterocycles. The van der Waals surface area contributed by atoms with E-state index in [1.807, 2.05) is 0 Å². The van der Waals surface area contributed by atoms with Crippen LogP contribution in [0.25, 0.3) is 0 Å². The van der Waals surface area contributed by atoms with Crippen LogP contribution in [0.3, 0.4) is 0 Å². The molecule has 6 heavy (non-hydrogen) atoms. The van der Waals surface area contributed by atoms with E-state index in [0.29, 0.717) is 0 Å². The minimum absolute atomic E-state index is 0. The zero-order chi connectivity index (χ0) is 4.28. The van der Waals surface area contributed by atoms with Crippen LogP contribution in [-0.2, 0) is 8.88 Å². The molecule has 0 aromatic carbocycles. The third kappa shape index (κ3) is 9.28. The Kier molecular flexibility index (Phi) is 12.3. The maximum absolute atomic E-state index is 9.31. The summed E-state index contributed by atoms with van der Waals surface area (Å²) < 4.78 is 13.1. The second kappa shape index (κ2) is 6.84. The number of rotatable bonds is 1. The fourth-order valence-electron chi connectivity index (χ4n) is 0. The van der Waals surface area contributed by atoms with Crippen molar-refractivity contribution in [3.63, 3.8) is 0 Å². The molecule has 0 saturated heterocycles. The average molecular weight is 156 g/mol. The van der Waals surface area contributed by atoms with Crippen LogP contribution >= 0.6 is 17.7 Å². The summed E-state index contributed by atoms with van der Waals surface area (Å²) in [6, 6.07) is 0. The third-order valence-corrected chi connectivity index (χ3v) is 0.907. The van der Waals surface area contributed by atoms with E-state index in [0.717, 1.165) is 0 Å². The summed E-state index contributed by atoms with van der Waals surface area (Å²) in [5.74, 6) is 0. The summed E-state index contributed by atoms with van der Waals surface area (Å²) >= 11 is 0. The van der Waals surface area contributed by atoms with Gasteiger partial charge in [-0.25, -0.2) is 0 Å². The molecule has 0 aliphatic carbocycles. The molecule has 0 radical (unpaired) electrons. The Labute approximate surface area is 68.7 Å². The molecule has 0 amide bonds. The Morgan fingerprint density at radius 2 is 2.00 bits per heavy atom. The van der Waals surface area contributed by atoms with Crippen molar-refractivity contribution in [1.82, 2.24) is 0 Å². The van der Waals surface area contributed by atoms with Crippen molar-refractivity contribution in [2.24, 2.45) is 0 Å². The topological polar surface area (TPSA) is 46.5 Å². The molecule has 0 rings (SSSR count). The van der Waals surface area contributed by atoms with Crippen molar-refractivity contribution >= 4 is 55.5 Å². The van der Waals surface area contributed by atoms with E-state index in [-0.39, 0.29) is 37.7 Å². The SMILES string of the molecule is O=[PH](O)OP.[CaH2]. The fraction of sp³-hybridized carbons (Fsp3) is 0. The maximum atomic E-state index is 9.31. The third-order valence-electron chi connectivity index (χ3n) is 0.101. The second-order valence-electron chi connectivity index (χ2n) is 0.384. The summed E-state index contributed by atoms with van der Waals surface area (Å²) in [6.45, 7) is 0. The Bertz CT molecular complexity index is 44.1. The quantitative estimate of drug-likeness (QED) is 0.401. The Balaban J connectivity index is 0. The summed E-state index contributed by atoms with van der Waals surface area (Å²) in [4.78, 5) is 7.66. The molecule has 0 aliphatic heterocycles. The van der Waals surface area contributed by atoms with E-state index < -0.39 is 8.25 Å². The van der Waals surface area contributed by atoms with Gasteiger partial charge >= 0.3 is 46.0 Å². The van der Waals surface area contributed by atoms with Gasteiger partial charge in [0.05, 0.1) is 0 Å². The molecule has 0 fully saturated rings. The summed E-state index contributed by atoms with van der Waals surface area (Å²) in [5, 5.41) is 0. The first-order valence-electron chi connectivity index (χ1n) is 0.868. The zero-order valence-corrected chi connectivity index (χ0v) is 4.50. The fourth-order valence-corrected chi connectivity index (χ4v) is 0. The van der Waals surface area contributed by atoms with Crippen molar-refractivity contribution in [2.45, 2.75) is 0 Å². The van der Waals surface area contributed by atoms with Crippen LogP contribution in [0, 0.1) is 0 Å². The molecular formula is H6CaO3P2. The average Bonchev–Trinajstić information content (AvgIpc) is 1.38. The first-order valence-corrected chi connectivity index (χ1v) is 2.60. The molecule has 1 N–H and O–H groups in total. The molecule has 0 saturated carbocycles. The standard InChI is InChI=1S/Ca.H4O3P2.2H/c;1-5(2)3-4;;/h;5H,4H2,(H,1,2);;. The van der Waals surface area contributed by atoms with Crippen molar-refractivity contribution in [1.29, 1.82) is 0 Å². The van der Waals surface area contributed by atoms with Crippen molar-refractivity contribution in [2.75, 3.05) is 0 Å². The van der Waals surface area contributed by atoms with E-state index in [1.165, 1.54) is 0 Å². The van der Waals surface area contributed by atoms with Gasteiger partial charge in [-0.15, -0.1) is 0 Å². The number of hydrogen-bond acceptors (Lipinski definition) is 2. The van der Waals surface area contributed by atoms with Crippen LogP contribution in [0.2, 0.25) is 0 Å². The van der Waals surface area contributed by atoms with Crippen molar-refractivity contribution in [3.8, 4) is 0 Å².